The van der Waals surface area contributed by atoms with Crippen molar-refractivity contribution in [2.45, 2.75) is 25.7 Å². The van der Waals surface area contributed by atoms with Gasteiger partial charge in [-0.1, -0.05) is 12.1 Å². The van der Waals surface area contributed by atoms with Crippen molar-refractivity contribution >= 4 is 11.6 Å². The van der Waals surface area contributed by atoms with Gasteiger partial charge in [-0.2, -0.15) is 0 Å². The second-order valence-electron chi connectivity index (χ2n) is 6.02. The molecular weight excluding hydrogens is 276 g/mol. The monoisotopic (exact) mass is 296 g/mol. The Hall–Kier alpha value is -2.30. The first-order valence-electron chi connectivity index (χ1n) is 8.04. The molecule has 5 nitrogen and oxygen atoms in total. The molecule has 2 aliphatic heterocycles. The molecular formula is C17H20N4O. The summed E-state index contributed by atoms with van der Waals surface area (Å²) in [5.74, 6) is 0.730. The van der Waals surface area contributed by atoms with Gasteiger partial charge in [-0.25, -0.2) is 4.98 Å². The topological polar surface area (TPSA) is 61.0 Å². The Morgan fingerprint density at radius 1 is 1.14 bits per heavy atom. The number of anilines is 1. The lowest BCUT2D eigenvalue weighted by Gasteiger charge is -2.17. The highest BCUT2D eigenvalue weighted by Gasteiger charge is 2.21. The van der Waals surface area contributed by atoms with Crippen LogP contribution >= 0.6 is 0 Å². The molecule has 0 bridgehead atoms. The lowest BCUT2D eigenvalue weighted by Crippen LogP contribution is -2.23. The van der Waals surface area contributed by atoms with Gasteiger partial charge in [0.05, 0.1) is 0 Å². The van der Waals surface area contributed by atoms with Gasteiger partial charge in [0.25, 0.3) is 5.91 Å². The van der Waals surface area contributed by atoms with Crippen LogP contribution in [0.3, 0.4) is 0 Å². The molecule has 0 unspecified atom stereocenters. The fourth-order valence-electron chi connectivity index (χ4n) is 3.29. The molecule has 5 heteroatoms. The summed E-state index contributed by atoms with van der Waals surface area (Å²) in [5, 5.41) is 2.89. The smallest absolute Gasteiger partial charge is 0.271 e. The fraction of sp³-hybridized carbons (Fsp3) is 0.412. The van der Waals surface area contributed by atoms with Crippen LogP contribution in [0.2, 0.25) is 0 Å². The number of aryl methyl sites for hydroxylation is 1. The second kappa shape index (κ2) is 5.48. The summed E-state index contributed by atoms with van der Waals surface area (Å²) in [7, 11) is 0. The van der Waals surface area contributed by atoms with Gasteiger partial charge in [-0.05, 0) is 37.8 Å². The summed E-state index contributed by atoms with van der Waals surface area (Å²) in [6, 6.07) is 8.43. The van der Waals surface area contributed by atoms with Gasteiger partial charge in [0, 0.05) is 36.6 Å². The molecule has 0 atom stereocenters. The van der Waals surface area contributed by atoms with E-state index in [-0.39, 0.29) is 5.91 Å². The first kappa shape index (κ1) is 13.4. The SMILES string of the molecule is O=C1NCCCc2[nH]c(-c3cccc(N4CCCC4)c3)nc21. The molecule has 3 heterocycles. The first-order chi connectivity index (χ1) is 10.8. The minimum atomic E-state index is -0.0642. The maximum absolute atomic E-state index is 12.0. The summed E-state index contributed by atoms with van der Waals surface area (Å²) in [4.78, 5) is 22.3. The number of fused-ring (bicyclic) bond motifs is 1. The maximum atomic E-state index is 12.0. The van der Waals surface area contributed by atoms with Crippen LogP contribution < -0.4 is 10.2 Å². The van der Waals surface area contributed by atoms with Crippen LogP contribution in [0.5, 0.6) is 0 Å². The normalized spacial score (nSPS) is 18.0. The number of nitrogens with one attached hydrogen (secondary N) is 2. The number of hydrogen-bond acceptors (Lipinski definition) is 3. The predicted octanol–water partition coefficient (Wildman–Crippen LogP) is 2.35. The summed E-state index contributed by atoms with van der Waals surface area (Å²) >= 11 is 0. The lowest BCUT2D eigenvalue weighted by molar-refractivity contribution is 0.0951. The number of rotatable bonds is 2. The number of aromatic nitrogens is 2. The first-order valence-corrected chi connectivity index (χ1v) is 8.04. The lowest BCUT2D eigenvalue weighted by atomic mass is 10.2. The zero-order valence-electron chi connectivity index (χ0n) is 12.6. The third-order valence-corrected chi connectivity index (χ3v) is 4.47. The molecule has 0 radical (unpaired) electrons. The van der Waals surface area contributed by atoms with Crippen LogP contribution in [0.25, 0.3) is 11.4 Å². The summed E-state index contributed by atoms with van der Waals surface area (Å²) in [5.41, 5.74) is 3.80. The van der Waals surface area contributed by atoms with E-state index in [9.17, 15) is 4.79 Å². The number of carbonyl (C=O) groups is 1. The molecule has 22 heavy (non-hydrogen) atoms. The molecule has 1 amide bonds. The molecule has 0 aliphatic carbocycles. The molecule has 1 saturated heterocycles. The van der Waals surface area contributed by atoms with Gasteiger partial charge >= 0.3 is 0 Å². The molecule has 1 aromatic heterocycles. The van der Waals surface area contributed by atoms with E-state index < -0.39 is 0 Å². The summed E-state index contributed by atoms with van der Waals surface area (Å²) < 4.78 is 0. The quantitative estimate of drug-likeness (QED) is 0.894. The van der Waals surface area contributed by atoms with E-state index in [0.717, 1.165) is 49.6 Å². The predicted molar refractivity (Wildman–Crippen MR) is 86.1 cm³/mol. The minimum absolute atomic E-state index is 0.0642. The number of hydrogen-bond donors (Lipinski definition) is 2. The van der Waals surface area contributed by atoms with Crippen LogP contribution in [0, 0.1) is 0 Å². The van der Waals surface area contributed by atoms with Gasteiger partial charge in [-0.15, -0.1) is 0 Å². The third-order valence-electron chi connectivity index (χ3n) is 4.47. The van der Waals surface area contributed by atoms with Gasteiger partial charge in [-0.3, -0.25) is 4.79 Å². The number of aromatic amines is 1. The van der Waals surface area contributed by atoms with Crippen molar-refractivity contribution < 1.29 is 4.79 Å². The molecule has 2 aromatic rings. The fourth-order valence-corrected chi connectivity index (χ4v) is 3.29. The van der Waals surface area contributed by atoms with Crippen LogP contribution in [0.4, 0.5) is 5.69 Å². The number of carbonyl (C=O) groups excluding carboxylic acids is 1. The standard InChI is InChI=1S/C17H20N4O/c22-17-15-14(7-4-8-18-17)19-16(20-15)12-5-3-6-13(11-12)21-9-1-2-10-21/h3,5-6,11H,1-2,4,7-10H2,(H,18,22)(H,19,20). The zero-order valence-corrected chi connectivity index (χ0v) is 12.6. The van der Waals surface area contributed by atoms with E-state index in [0.29, 0.717) is 5.69 Å². The number of nitrogens with zero attached hydrogens (tertiary/aromatic N) is 2. The van der Waals surface area contributed by atoms with Gasteiger partial charge < -0.3 is 15.2 Å². The maximum Gasteiger partial charge on any atom is 0.271 e. The number of H-pyrrole nitrogens is 1. The molecule has 0 spiro atoms. The Bertz CT molecular complexity index is 700. The van der Waals surface area contributed by atoms with Gasteiger partial charge in [0.1, 0.15) is 11.5 Å². The van der Waals surface area contributed by atoms with Crippen molar-refractivity contribution in [1.29, 1.82) is 0 Å². The third kappa shape index (κ3) is 2.36. The second-order valence-corrected chi connectivity index (χ2v) is 6.02. The van der Waals surface area contributed by atoms with Crippen LogP contribution in [-0.2, 0) is 6.42 Å². The van der Waals surface area contributed by atoms with Crippen LogP contribution in [-0.4, -0.2) is 35.5 Å². The Morgan fingerprint density at radius 3 is 2.86 bits per heavy atom. The molecule has 4 rings (SSSR count). The Balaban J connectivity index is 1.69. The average molecular weight is 296 g/mol. The van der Waals surface area contributed by atoms with E-state index in [1.807, 2.05) is 0 Å². The van der Waals surface area contributed by atoms with Crippen molar-refractivity contribution in [1.82, 2.24) is 15.3 Å². The molecule has 1 aromatic carbocycles. The number of benzene rings is 1. The number of imidazole rings is 1. The summed E-state index contributed by atoms with van der Waals surface area (Å²) in [6.45, 7) is 2.98. The Labute approximate surface area is 129 Å². The van der Waals surface area contributed by atoms with Crippen LogP contribution in [0.1, 0.15) is 35.4 Å². The highest BCUT2D eigenvalue weighted by Crippen LogP contribution is 2.26. The van der Waals surface area contributed by atoms with E-state index in [1.165, 1.54) is 18.5 Å². The minimum Gasteiger partial charge on any atom is -0.372 e. The zero-order chi connectivity index (χ0) is 14.9. The van der Waals surface area contributed by atoms with Crippen molar-refractivity contribution in [2.24, 2.45) is 0 Å². The van der Waals surface area contributed by atoms with Crippen molar-refractivity contribution in [3.8, 4) is 11.4 Å². The molecule has 0 saturated carbocycles. The van der Waals surface area contributed by atoms with Gasteiger partial charge in [0.2, 0.25) is 0 Å². The van der Waals surface area contributed by atoms with E-state index >= 15 is 0 Å². The largest absolute Gasteiger partial charge is 0.372 e. The van der Waals surface area contributed by atoms with Crippen molar-refractivity contribution in [3.05, 3.63) is 35.7 Å². The van der Waals surface area contributed by atoms with E-state index in [2.05, 4.69) is 44.5 Å². The average Bonchev–Trinajstić information content (AvgIpc) is 3.19. The van der Waals surface area contributed by atoms with Crippen LogP contribution in [0.15, 0.2) is 24.3 Å². The highest BCUT2D eigenvalue weighted by atomic mass is 16.1. The number of amides is 1. The summed E-state index contributed by atoms with van der Waals surface area (Å²) in [6.07, 6.45) is 4.35. The van der Waals surface area contributed by atoms with E-state index in [4.69, 9.17) is 0 Å². The van der Waals surface area contributed by atoms with Crippen molar-refractivity contribution in [2.75, 3.05) is 24.5 Å². The molecule has 114 valence electrons. The van der Waals surface area contributed by atoms with Crippen molar-refractivity contribution in [3.63, 3.8) is 0 Å². The highest BCUT2D eigenvalue weighted by molar-refractivity contribution is 5.94. The Kier molecular flexibility index (Phi) is 3.33. The molecule has 2 N–H and O–H groups in total. The van der Waals surface area contributed by atoms with Gasteiger partial charge in [0.15, 0.2) is 0 Å². The molecule has 1 fully saturated rings. The van der Waals surface area contributed by atoms with E-state index in [1.54, 1.807) is 0 Å². The molecule has 2 aliphatic rings. The Morgan fingerprint density at radius 2 is 2.00 bits per heavy atom.